The molecule has 5 heteroatoms. The Kier molecular flexibility index (Phi) is 4.29. The Morgan fingerprint density at radius 1 is 1.20 bits per heavy atom. The molecular formula is C10H12ClF2NO. The summed E-state index contributed by atoms with van der Waals surface area (Å²) in [6, 6.07) is 3.22. The average Bonchev–Trinajstić information content (AvgIpc) is 2.54. The van der Waals surface area contributed by atoms with Gasteiger partial charge in [-0.1, -0.05) is 0 Å². The Morgan fingerprint density at radius 2 is 1.87 bits per heavy atom. The summed E-state index contributed by atoms with van der Waals surface area (Å²) >= 11 is 0. The maximum atomic E-state index is 12.8. The van der Waals surface area contributed by atoms with Gasteiger partial charge in [-0.2, -0.15) is 0 Å². The van der Waals surface area contributed by atoms with Gasteiger partial charge in [-0.25, -0.2) is 8.78 Å². The van der Waals surface area contributed by atoms with Gasteiger partial charge in [0, 0.05) is 24.7 Å². The van der Waals surface area contributed by atoms with Gasteiger partial charge in [-0.15, -0.1) is 12.4 Å². The molecule has 2 nitrogen and oxygen atoms in total. The van der Waals surface area contributed by atoms with E-state index in [2.05, 4.69) is 5.32 Å². The zero-order chi connectivity index (χ0) is 9.97. The summed E-state index contributed by atoms with van der Waals surface area (Å²) in [5, 5.41) is 3.11. The molecule has 0 aliphatic carbocycles. The highest BCUT2D eigenvalue weighted by molar-refractivity contribution is 5.85. The first-order valence-corrected chi connectivity index (χ1v) is 4.57. The molecule has 1 atom stereocenters. The van der Waals surface area contributed by atoms with E-state index in [1.165, 1.54) is 12.1 Å². The van der Waals surface area contributed by atoms with E-state index in [9.17, 15) is 8.78 Å². The Hall–Kier alpha value is -0.870. The van der Waals surface area contributed by atoms with E-state index in [1.807, 2.05) is 0 Å². The predicted octanol–water partition coefficient (Wildman–Crippen LogP) is 2.13. The lowest BCUT2D eigenvalue weighted by Gasteiger charge is -2.12. The van der Waals surface area contributed by atoms with Crippen molar-refractivity contribution in [2.24, 2.45) is 0 Å². The van der Waals surface area contributed by atoms with Crippen LogP contribution < -0.4 is 10.1 Å². The van der Waals surface area contributed by atoms with E-state index in [4.69, 9.17) is 4.74 Å². The summed E-state index contributed by atoms with van der Waals surface area (Å²) in [7, 11) is 0. The molecule has 1 aromatic carbocycles. The third-order valence-corrected chi connectivity index (χ3v) is 2.15. The quantitative estimate of drug-likeness (QED) is 0.848. The lowest BCUT2D eigenvalue weighted by Crippen LogP contribution is -2.19. The minimum atomic E-state index is -0.606. The number of rotatable bonds is 2. The SMILES string of the molecule is Cl.Fc1cc(F)cc(O[C@@H]2CCNC2)c1. The Bertz CT molecular complexity index is 309. The largest absolute Gasteiger partial charge is 0.489 e. The molecule has 1 heterocycles. The summed E-state index contributed by atoms with van der Waals surface area (Å²) in [6.45, 7) is 1.63. The van der Waals surface area contributed by atoms with Crippen molar-refractivity contribution in [3.05, 3.63) is 29.8 Å². The molecule has 0 aromatic heterocycles. The van der Waals surface area contributed by atoms with Crippen LogP contribution in [0.2, 0.25) is 0 Å². The molecule has 0 unspecified atom stereocenters. The molecule has 1 aliphatic rings. The summed E-state index contributed by atoms with van der Waals surface area (Å²) in [6.07, 6.45) is 0.897. The molecule has 0 radical (unpaired) electrons. The van der Waals surface area contributed by atoms with Crippen molar-refractivity contribution in [2.45, 2.75) is 12.5 Å². The molecule has 1 aliphatic heterocycles. The van der Waals surface area contributed by atoms with Crippen molar-refractivity contribution in [3.8, 4) is 5.75 Å². The maximum Gasteiger partial charge on any atom is 0.129 e. The lowest BCUT2D eigenvalue weighted by atomic mass is 10.3. The van der Waals surface area contributed by atoms with Crippen molar-refractivity contribution >= 4 is 12.4 Å². The molecule has 0 amide bonds. The van der Waals surface area contributed by atoms with Crippen LogP contribution in [0.1, 0.15) is 6.42 Å². The second-order valence-corrected chi connectivity index (χ2v) is 3.34. The van der Waals surface area contributed by atoms with Crippen LogP contribution in [0, 0.1) is 11.6 Å². The monoisotopic (exact) mass is 235 g/mol. The van der Waals surface area contributed by atoms with E-state index >= 15 is 0 Å². The summed E-state index contributed by atoms with van der Waals surface area (Å²) in [4.78, 5) is 0. The van der Waals surface area contributed by atoms with Crippen LogP contribution in [-0.4, -0.2) is 19.2 Å². The maximum absolute atomic E-state index is 12.8. The molecule has 1 fully saturated rings. The van der Waals surface area contributed by atoms with Crippen LogP contribution in [0.3, 0.4) is 0 Å². The average molecular weight is 236 g/mol. The highest BCUT2D eigenvalue weighted by atomic mass is 35.5. The van der Waals surface area contributed by atoms with Crippen LogP contribution >= 0.6 is 12.4 Å². The van der Waals surface area contributed by atoms with E-state index < -0.39 is 11.6 Å². The third-order valence-electron chi connectivity index (χ3n) is 2.15. The predicted molar refractivity (Wildman–Crippen MR) is 55.5 cm³/mol. The minimum absolute atomic E-state index is 0. The van der Waals surface area contributed by atoms with Gasteiger partial charge in [-0.05, 0) is 13.0 Å². The highest BCUT2D eigenvalue weighted by Gasteiger charge is 2.16. The third kappa shape index (κ3) is 3.32. The number of benzene rings is 1. The molecular weight excluding hydrogens is 224 g/mol. The molecule has 1 saturated heterocycles. The number of hydrogen-bond donors (Lipinski definition) is 1. The van der Waals surface area contributed by atoms with Gasteiger partial charge in [-0.3, -0.25) is 0 Å². The van der Waals surface area contributed by atoms with Crippen molar-refractivity contribution in [1.82, 2.24) is 5.32 Å². The molecule has 1 aromatic rings. The summed E-state index contributed by atoms with van der Waals surface area (Å²) in [5.74, 6) is -0.951. The Balaban J connectivity index is 0.00000112. The van der Waals surface area contributed by atoms with Crippen LogP contribution in [0.5, 0.6) is 5.75 Å². The van der Waals surface area contributed by atoms with Gasteiger partial charge in [0.2, 0.25) is 0 Å². The standard InChI is InChI=1S/C10H11F2NO.ClH/c11-7-3-8(12)5-10(4-7)14-9-1-2-13-6-9;/h3-5,9,13H,1-2,6H2;1H/t9-;/m1./s1. The number of nitrogens with one attached hydrogen (secondary N) is 1. The van der Waals surface area contributed by atoms with Crippen molar-refractivity contribution in [1.29, 1.82) is 0 Å². The second kappa shape index (κ2) is 5.28. The van der Waals surface area contributed by atoms with Crippen LogP contribution in [0.25, 0.3) is 0 Å². The Morgan fingerprint density at radius 3 is 2.40 bits per heavy atom. The van der Waals surface area contributed by atoms with Gasteiger partial charge in [0.15, 0.2) is 0 Å². The number of ether oxygens (including phenoxy) is 1. The van der Waals surface area contributed by atoms with Gasteiger partial charge in [0.05, 0.1) is 0 Å². The lowest BCUT2D eigenvalue weighted by molar-refractivity contribution is 0.221. The highest BCUT2D eigenvalue weighted by Crippen LogP contribution is 2.18. The fourth-order valence-electron chi connectivity index (χ4n) is 1.52. The first-order valence-electron chi connectivity index (χ1n) is 4.57. The molecule has 1 N–H and O–H groups in total. The summed E-state index contributed by atoms with van der Waals surface area (Å²) in [5.41, 5.74) is 0. The van der Waals surface area contributed by atoms with Gasteiger partial charge in [0.1, 0.15) is 23.5 Å². The van der Waals surface area contributed by atoms with E-state index in [1.54, 1.807) is 0 Å². The molecule has 84 valence electrons. The van der Waals surface area contributed by atoms with Gasteiger partial charge < -0.3 is 10.1 Å². The Labute approximate surface area is 93.0 Å². The second-order valence-electron chi connectivity index (χ2n) is 3.34. The number of halogens is 3. The normalized spacial score (nSPS) is 19.7. The molecule has 2 rings (SSSR count). The van der Waals surface area contributed by atoms with Crippen molar-refractivity contribution in [3.63, 3.8) is 0 Å². The van der Waals surface area contributed by atoms with Crippen molar-refractivity contribution in [2.75, 3.05) is 13.1 Å². The van der Waals surface area contributed by atoms with E-state index in [0.717, 1.165) is 25.6 Å². The molecule has 0 saturated carbocycles. The fourth-order valence-corrected chi connectivity index (χ4v) is 1.52. The fraction of sp³-hybridized carbons (Fsp3) is 0.400. The first-order chi connectivity index (χ1) is 6.74. The minimum Gasteiger partial charge on any atom is -0.489 e. The molecule has 0 spiro atoms. The zero-order valence-electron chi connectivity index (χ0n) is 8.00. The van der Waals surface area contributed by atoms with Gasteiger partial charge in [0.25, 0.3) is 0 Å². The smallest absolute Gasteiger partial charge is 0.129 e. The van der Waals surface area contributed by atoms with Gasteiger partial charge >= 0.3 is 0 Å². The number of hydrogen-bond acceptors (Lipinski definition) is 2. The van der Waals surface area contributed by atoms with Crippen LogP contribution in [0.4, 0.5) is 8.78 Å². The summed E-state index contributed by atoms with van der Waals surface area (Å²) < 4.78 is 30.9. The van der Waals surface area contributed by atoms with Crippen LogP contribution in [0.15, 0.2) is 18.2 Å². The topological polar surface area (TPSA) is 21.3 Å². The van der Waals surface area contributed by atoms with Crippen molar-refractivity contribution < 1.29 is 13.5 Å². The van der Waals surface area contributed by atoms with E-state index in [-0.39, 0.29) is 24.3 Å². The zero-order valence-corrected chi connectivity index (χ0v) is 8.82. The first kappa shape index (κ1) is 12.2. The van der Waals surface area contributed by atoms with Crippen LogP contribution in [-0.2, 0) is 0 Å². The molecule has 15 heavy (non-hydrogen) atoms. The molecule has 0 bridgehead atoms. The van der Waals surface area contributed by atoms with E-state index in [0.29, 0.717) is 0 Å².